The molecule has 1 aromatic heterocycles. The molecule has 2 heteroatoms. The lowest BCUT2D eigenvalue weighted by Gasteiger charge is -2.21. The number of hydrogen-bond donors (Lipinski definition) is 1. The quantitative estimate of drug-likeness (QED) is 0.765. The minimum Gasteiger partial charge on any atom is -0.310 e. The van der Waals surface area contributed by atoms with E-state index >= 15 is 0 Å². The highest BCUT2D eigenvalue weighted by Crippen LogP contribution is 2.19. The third-order valence-electron chi connectivity index (χ3n) is 2.13. The fourth-order valence-electron chi connectivity index (χ4n) is 1.52. The van der Waals surface area contributed by atoms with Crippen molar-refractivity contribution < 1.29 is 0 Å². The number of nitrogens with one attached hydrogen (secondary N) is 1. The van der Waals surface area contributed by atoms with Crippen LogP contribution in [0.25, 0.3) is 0 Å². The summed E-state index contributed by atoms with van der Waals surface area (Å²) >= 11 is 0. The lowest BCUT2D eigenvalue weighted by molar-refractivity contribution is 0.421. The average molecular weight is 178 g/mol. The van der Waals surface area contributed by atoms with E-state index in [0.717, 1.165) is 6.54 Å². The molecule has 0 amide bonds. The summed E-state index contributed by atoms with van der Waals surface area (Å²) in [7, 11) is 0. The molecule has 0 saturated heterocycles. The van der Waals surface area contributed by atoms with Crippen molar-refractivity contribution in [3.8, 4) is 0 Å². The first-order valence-corrected chi connectivity index (χ1v) is 4.89. The summed E-state index contributed by atoms with van der Waals surface area (Å²) in [4.78, 5) is 4.13. The Morgan fingerprint density at radius 1 is 1.46 bits per heavy atom. The molecule has 0 radical (unpaired) electrons. The highest BCUT2D eigenvalue weighted by Gasteiger charge is 2.13. The lowest BCUT2D eigenvalue weighted by Crippen LogP contribution is -2.25. The summed E-state index contributed by atoms with van der Waals surface area (Å²) in [5.41, 5.74) is 1.28. The summed E-state index contributed by atoms with van der Waals surface area (Å²) < 4.78 is 0. The van der Waals surface area contributed by atoms with Crippen molar-refractivity contribution in [1.29, 1.82) is 0 Å². The van der Waals surface area contributed by atoms with Gasteiger partial charge in [-0.25, -0.2) is 0 Å². The second kappa shape index (κ2) is 4.97. The van der Waals surface area contributed by atoms with E-state index in [1.54, 1.807) is 0 Å². The third kappa shape index (κ3) is 2.81. The molecule has 0 aliphatic heterocycles. The van der Waals surface area contributed by atoms with Gasteiger partial charge in [0.15, 0.2) is 0 Å². The summed E-state index contributed by atoms with van der Waals surface area (Å²) in [5, 5.41) is 3.46. The summed E-state index contributed by atoms with van der Waals surface area (Å²) in [6.07, 6.45) is 3.75. The van der Waals surface area contributed by atoms with E-state index in [2.05, 4.69) is 37.1 Å². The first-order chi connectivity index (χ1) is 6.25. The third-order valence-corrected chi connectivity index (χ3v) is 2.13. The summed E-state index contributed by atoms with van der Waals surface area (Å²) in [6, 6.07) is 4.54. The standard InChI is InChI=1S/C11H18N2/c1-4-13-11(9(2)3)10-6-5-7-12-8-10/h5-9,11,13H,4H2,1-3H3/t11-/m1/s1. The van der Waals surface area contributed by atoms with Gasteiger partial charge in [0, 0.05) is 18.4 Å². The van der Waals surface area contributed by atoms with Crippen LogP contribution in [-0.2, 0) is 0 Å². The van der Waals surface area contributed by atoms with Crippen LogP contribution in [0.4, 0.5) is 0 Å². The molecule has 0 aromatic carbocycles. The van der Waals surface area contributed by atoms with Gasteiger partial charge in [0.05, 0.1) is 0 Å². The fourth-order valence-corrected chi connectivity index (χ4v) is 1.52. The molecule has 72 valence electrons. The van der Waals surface area contributed by atoms with Gasteiger partial charge < -0.3 is 5.32 Å². The van der Waals surface area contributed by atoms with Gasteiger partial charge in [0.25, 0.3) is 0 Å². The largest absolute Gasteiger partial charge is 0.310 e. The topological polar surface area (TPSA) is 24.9 Å². The van der Waals surface area contributed by atoms with Gasteiger partial charge in [0.1, 0.15) is 0 Å². The van der Waals surface area contributed by atoms with Crippen LogP contribution < -0.4 is 5.32 Å². The van der Waals surface area contributed by atoms with E-state index in [1.165, 1.54) is 5.56 Å². The van der Waals surface area contributed by atoms with Crippen LogP contribution in [0, 0.1) is 5.92 Å². The molecule has 0 spiro atoms. The number of nitrogens with zero attached hydrogens (tertiary/aromatic N) is 1. The molecule has 1 aromatic rings. The van der Waals surface area contributed by atoms with Crippen molar-refractivity contribution in [3.05, 3.63) is 30.1 Å². The number of hydrogen-bond acceptors (Lipinski definition) is 2. The second-order valence-electron chi connectivity index (χ2n) is 3.57. The maximum atomic E-state index is 4.13. The van der Waals surface area contributed by atoms with Crippen molar-refractivity contribution in [2.75, 3.05) is 6.54 Å². The van der Waals surface area contributed by atoms with Crippen LogP contribution in [0.5, 0.6) is 0 Å². The van der Waals surface area contributed by atoms with Crippen LogP contribution in [0.1, 0.15) is 32.4 Å². The Bertz CT molecular complexity index is 231. The van der Waals surface area contributed by atoms with E-state index in [0.29, 0.717) is 12.0 Å². The van der Waals surface area contributed by atoms with Crippen LogP contribution in [0.3, 0.4) is 0 Å². The van der Waals surface area contributed by atoms with Crippen LogP contribution in [0.15, 0.2) is 24.5 Å². The highest BCUT2D eigenvalue weighted by molar-refractivity contribution is 5.14. The van der Waals surface area contributed by atoms with Gasteiger partial charge in [0.2, 0.25) is 0 Å². The first-order valence-electron chi connectivity index (χ1n) is 4.89. The van der Waals surface area contributed by atoms with Crippen LogP contribution in [-0.4, -0.2) is 11.5 Å². The van der Waals surface area contributed by atoms with E-state index in [1.807, 2.05) is 18.5 Å². The highest BCUT2D eigenvalue weighted by atomic mass is 14.9. The van der Waals surface area contributed by atoms with E-state index in [-0.39, 0.29) is 0 Å². The van der Waals surface area contributed by atoms with Gasteiger partial charge in [-0.1, -0.05) is 26.8 Å². The van der Waals surface area contributed by atoms with E-state index in [4.69, 9.17) is 0 Å². The molecule has 1 atom stereocenters. The van der Waals surface area contributed by atoms with E-state index in [9.17, 15) is 0 Å². The Labute approximate surface area is 80.4 Å². The molecule has 0 fully saturated rings. The van der Waals surface area contributed by atoms with Gasteiger partial charge in [-0.05, 0) is 24.1 Å². The monoisotopic (exact) mass is 178 g/mol. The normalized spacial score (nSPS) is 13.2. The number of rotatable bonds is 4. The van der Waals surface area contributed by atoms with Crippen molar-refractivity contribution in [1.82, 2.24) is 10.3 Å². The van der Waals surface area contributed by atoms with Gasteiger partial charge in [-0.2, -0.15) is 0 Å². The summed E-state index contributed by atoms with van der Waals surface area (Å²) in [6.45, 7) is 7.57. The Morgan fingerprint density at radius 3 is 2.69 bits per heavy atom. The van der Waals surface area contributed by atoms with E-state index < -0.39 is 0 Å². The molecule has 1 rings (SSSR count). The minimum atomic E-state index is 0.429. The predicted molar refractivity (Wildman–Crippen MR) is 55.5 cm³/mol. The van der Waals surface area contributed by atoms with Crippen molar-refractivity contribution in [2.45, 2.75) is 26.8 Å². The van der Waals surface area contributed by atoms with Gasteiger partial charge in [-0.15, -0.1) is 0 Å². The zero-order valence-corrected chi connectivity index (χ0v) is 8.62. The van der Waals surface area contributed by atoms with Crippen molar-refractivity contribution in [2.24, 2.45) is 5.92 Å². The number of aromatic nitrogens is 1. The van der Waals surface area contributed by atoms with Crippen molar-refractivity contribution >= 4 is 0 Å². The molecule has 0 aliphatic rings. The Morgan fingerprint density at radius 2 is 2.23 bits per heavy atom. The number of pyridine rings is 1. The Kier molecular flexibility index (Phi) is 3.90. The molecule has 0 aliphatic carbocycles. The molecule has 0 unspecified atom stereocenters. The lowest BCUT2D eigenvalue weighted by atomic mass is 9.97. The van der Waals surface area contributed by atoms with Crippen LogP contribution >= 0.6 is 0 Å². The Balaban J connectivity index is 2.76. The molecule has 0 bridgehead atoms. The van der Waals surface area contributed by atoms with Gasteiger partial charge >= 0.3 is 0 Å². The zero-order valence-electron chi connectivity index (χ0n) is 8.62. The minimum absolute atomic E-state index is 0.429. The maximum Gasteiger partial charge on any atom is 0.0358 e. The SMILES string of the molecule is CCN[C@@H](c1cccnc1)C(C)C. The fraction of sp³-hybridized carbons (Fsp3) is 0.545. The van der Waals surface area contributed by atoms with Gasteiger partial charge in [-0.3, -0.25) is 4.98 Å². The van der Waals surface area contributed by atoms with Crippen molar-refractivity contribution in [3.63, 3.8) is 0 Å². The molecule has 13 heavy (non-hydrogen) atoms. The molecule has 2 nitrogen and oxygen atoms in total. The maximum absolute atomic E-state index is 4.13. The zero-order chi connectivity index (χ0) is 9.68. The molecule has 0 saturated carbocycles. The Hall–Kier alpha value is -0.890. The molecular formula is C11H18N2. The predicted octanol–water partition coefficient (Wildman–Crippen LogP) is 2.39. The smallest absolute Gasteiger partial charge is 0.0358 e. The molecule has 1 heterocycles. The molecular weight excluding hydrogens is 160 g/mol. The molecule has 1 N–H and O–H groups in total. The van der Waals surface area contributed by atoms with Crippen LogP contribution in [0.2, 0.25) is 0 Å². The summed E-state index contributed by atoms with van der Waals surface area (Å²) in [5.74, 6) is 0.601. The second-order valence-corrected chi connectivity index (χ2v) is 3.57. The average Bonchev–Trinajstić information content (AvgIpc) is 2.15. The first kappa shape index (κ1) is 10.2.